The van der Waals surface area contributed by atoms with Crippen LogP contribution in [0.2, 0.25) is 0 Å². The first kappa shape index (κ1) is 12.2. The van der Waals surface area contributed by atoms with E-state index in [1.807, 2.05) is 0 Å². The van der Waals surface area contributed by atoms with Crippen LogP contribution in [0.4, 0.5) is 4.39 Å². The number of halogens is 1. The summed E-state index contributed by atoms with van der Waals surface area (Å²) >= 11 is 0. The van der Waals surface area contributed by atoms with Crippen molar-refractivity contribution in [2.75, 3.05) is 14.2 Å². The second-order valence-electron chi connectivity index (χ2n) is 4.44. The van der Waals surface area contributed by atoms with Gasteiger partial charge >= 0.3 is 0 Å². The fourth-order valence-electron chi connectivity index (χ4n) is 2.01. The lowest BCUT2D eigenvalue weighted by Crippen LogP contribution is -2.10. The van der Waals surface area contributed by atoms with Crippen LogP contribution in [0.3, 0.4) is 0 Å². The summed E-state index contributed by atoms with van der Waals surface area (Å²) in [5.41, 5.74) is 0.211. The molecule has 1 aromatic rings. The molecule has 0 heterocycles. The van der Waals surface area contributed by atoms with Gasteiger partial charge < -0.3 is 14.6 Å². The Morgan fingerprint density at radius 1 is 1.24 bits per heavy atom. The number of alkyl halides is 1. The molecule has 0 spiro atoms. The molecule has 0 radical (unpaired) electrons. The van der Waals surface area contributed by atoms with Crippen molar-refractivity contribution in [3.05, 3.63) is 23.3 Å². The molecule has 2 rings (SSSR count). The smallest absolute Gasteiger partial charge is 0.161 e. The minimum Gasteiger partial charge on any atom is -0.493 e. The fraction of sp³-hybridized carbons (Fsp3) is 0.538. The van der Waals surface area contributed by atoms with Crippen LogP contribution < -0.4 is 9.47 Å². The van der Waals surface area contributed by atoms with E-state index in [9.17, 15) is 9.50 Å². The molecule has 1 unspecified atom stereocenters. The molecule has 0 aliphatic heterocycles. The van der Waals surface area contributed by atoms with Gasteiger partial charge in [-0.15, -0.1) is 0 Å². The maximum absolute atomic E-state index is 13.6. The zero-order valence-electron chi connectivity index (χ0n) is 10.3. The SMILES string of the molecule is COc1cc(C(C)F)c(C2(O)CC2)cc1OC. The van der Waals surface area contributed by atoms with E-state index in [-0.39, 0.29) is 0 Å². The van der Waals surface area contributed by atoms with Crippen LogP contribution in [0.15, 0.2) is 12.1 Å². The number of benzene rings is 1. The molecule has 0 amide bonds. The predicted octanol–water partition coefficient (Wildman–Crippen LogP) is 2.72. The van der Waals surface area contributed by atoms with Gasteiger partial charge in [-0.2, -0.15) is 0 Å². The van der Waals surface area contributed by atoms with Gasteiger partial charge in [-0.1, -0.05) is 0 Å². The van der Waals surface area contributed by atoms with Crippen LogP contribution in [0.1, 0.15) is 37.1 Å². The van der Waals surface area contributed by atoms with Crippen molar-refractivity contribution >= 4 is 0 Å². The van der Waals surface area contributed by atoms with Crippen molar-refractivity contribution in [1.29, 1.82) is 0 Å². The first-order chi connectivity index (χ1) is 8.01. The van der Waals surface area contributed by atoms with Crippen LogP contribution >= 0.6 is 0 Å². The third-order valence-corrected chi connectivity index (χ3v) is 3.21. The molecule has 0 saturated heterocycles. The van der Waals surface area contributed by atoms with Gasteiger partial charge in [-0.05, 0) is 43.0 Å². The molecule has 1 N–H and O–H groups in total. The molecule has 1 aliphatic carbocycles. The Morgan fingerprint density at radius 2 is 1.76 bits per heavy atom. The number of aliphatic hydroxyl groups is 1. The summed E-state index contributed by atoms with van der Waals surface area (Å²) in [6.45, 7) is 1.45. The molecule has 0 bridgehead atoms. The van der Waals surface area contributed by atoms with E-state index in [0.717, 1.165) is 0 Å². The van der Waals surface area contributed by atoms with E-state index < -0.39 is 11.8 Å². The van der Waals surface area contributed by atoms with E-state index in [1.165, 1.54) is 21.1 Å². The van der Waals surface area contributed by atoms with Gasteiger partial charge in [0, 0.05) is 0 Å². The molecule has 3 nitrogen and oxygen atoms in total. The monoisotopic (exact) mass is 240 g/mol. The Kier molecular flexibility index (Phi) is 3.00. The summed E-state index contributed by atoms with van der Waals surface area (Å²) in [5.74, 6) is 1.01. The summed E-state index contributed by atoms with van der Waals surface area (Å²) in [5, 5.41) is 10.2. The van der Waals surface area contributed by atoms with Crippen molar-refractivity contribution in [2.45, 2.75) is 31.5 Å². The molecule has 4 heteroatoms. The van der Waals surface area contributed by atoms with Gasteiger partial charge in [0.25, 0.3) is 0 Å². The van der Waals surface area contributed by atoms with Gasteiger partial charge in [0.15, 0.2) is 11.5 Å². The van der Waals surface area contributed by atoms with E-state index in [2.05, 4.69) is 0 Å². The minimum atomic E-state index is -1.14. The zero-order valence-corrected chi connectivity index (χ0v) is 10.3. The molecular formula is C13H17FO3. The van der Waals surface area contributed by atoms with Gasteiger partial charge in [0.1, 0.15) is 6.17 Å². The number of methoxy groups -OCH3 is 2. The third-order valence-electron chi connectivity index (χ3n) is 3.21. The molecule has 1 atom stereocenters. The minimum absolute atomic E-state index is 0.475. The number of hydrogen-bond donors (Lipinski definition) is 1. The Labute approximate surface area is 100 Å². The first-order valence-corrected chi connectivity index (χ1v) is 5.64. The van der Waals surface area contributed by atoms with Crippen LogP contribution in [0.5, 0.6) is 11.5 Å². The normalized spacial score (nSPS) is 18.6. The number of rotatable bonds is 4. The second kappa shape index (κ2) is 4.18. The lowest BCUT2D eigenvalue weighted by molar-refractivity contribution is 0.147. The third kappa shape index (κ3) is 2.09. The lowest BCUT2D eigenvalue weighted by Gasteiger charge is -2.19. The lowest BCUT2D eigenvalue weighted by atomic mass is 9.97. The average Bonchev–Trinajstić information content (AvgIpc) is 3.06. The van der Waals surface area contributed by atoms with Crippen LogP contribution in [0.25, 0.3) is 0 Å². The van der Waals surface area contributed by atoms with Gasteiger partial charge in [-0.25, -0.2) is 4.39 Å². The summed E-state index contributed by atoms with van der Waals surface area (Å²) in [6.07, 6.45) is 0.194. The highest BCUT2D eigenvalue weighted by molar-refractivity contribution is 5.51. The van der Waals surface area contributed by atoms with Crippen molar-refractivity contribution < 1.29 is 19.0 Å². The van der Waals surface area contributed by atoms with Crippen molar-refractivity contribution in [2.24, 2.45) is 0 Å². The van der Waals surface area contributed by atoms with E-state index in [4.69, 9.17) is 9.47 Å². The second-order valence-corrected chi connectivity index (χ2v) is 4.44. The summed E-state index contributed by atoms with van der Waals surface area (Å²) < 4.78 is 23.9. The Hall–Kier alpha value is -1.29. The maximum Gasteiger partial charge on any atom is 0.161 e. The highest BCUT2D eigenvalue weighted by Crippen LogP contribution is 2.50. The first-order valence-electron chi connectivity index (χ1n) is 5.64. The van der Waals surface area contributed by atoms with Crippen LogP contribution in [0, 0.1) is 0 Å². The molecule has 0 aromatic heterocycles. The number of ether oxygens (including phenoxy) is 2. The summed E-state index contributed by atoms with van der Waals surface area (Å²) in [6, 6.07) is 3.28. The maximum atomic E-state index is 13.6. The molecule has 1 aliphatic rings. The Morgan fingerprint density at radius 3 is 2.18 bits per heavy atom. The van der Waals surface area contributed by atoms with Crippen molar-refractivity contribution in [3.8, 4) is 11.5 Å². The quantitative estimate of drug-likeness (QED) is 0.879. The highest BCUT2D eigenvalue weighted by atomic mass is 19.1. The average molecular weight is 240 g/mol. The molecule has 94 valence electrons. The molecule has 17 heavy (non-hydrogen) atoms. The van der Waals surface area contributed by atoms with Gasteiger partial charge in [-0.3, -0.25) is 0 Å². The predicted molar refractivity (Wildman–Crippen MR) is 62.2 cm³/mol. The van der Waals surface area contributed by atoms with Crippen molar-refractivity contribution in [3.63, 3.8) is 0 Å². The van der Waals surface area contributed by atoms with E-state index in [0.29, 0.717) is 35.5 Å². The fourth-order valence-corrected chi connectivity index (χ4v) is 2.01. The molecule has 1 aromatic carbocycles. The topological polar surface area (TPSA) is 38.7 Å². The largest absolute Gasteiger partial charge is 0.493 e. The van der Waals surface area contributed by atoms with E-state index in [1.54, 1.807) is 12.1 Å². The zero-order chi connectivity index (χ0) is 12.6. The Bertz CT molecular complexity index is 425. The summed E-state index contributed by atoms with van der Waals surface area (Å²) in [7, 11) is 3.03. The highest BCUT2D eigenvalue weighted by Gasteiger charge is 2.44. The Balaban J connectivity index is 2.55. The van der Waals surface area contributed by atoms with Gasteiger partial charge in [0.05, 0.1) is 19.8 Å². The van der Waals surface area contributed by atoms with Crippen molar-refractivity contribution in [1.82, 2.24) is 0 Å². The van der Waals surface area contributed by atoms with Crippen LogP contribution in [-0.2, 0) is 5.60 Å². The molecule has 1 saturated carbocycles. The van der Waals surface area contributed by atoms with E-state index >= 15 is 0 Å². The van der Waals surface area contributed by atoms with Gasteiger partial charge in [0.2, 0.25) is 0 Å². The number of hydrogen-bond acceptors (Lipinski definition) is 3. The molecule has 1 fully saturated rings. The standard InChI is InChI=1S/C13H17FO3/c1-8(14)9-6-11(16-2)12(17-3)7-10(9)13(15)4-5-13/h6-8,15H,4-5H2,1-3H3. The molecular weight excluding hydrogens is 223 g/mol. The summed E-state index contributed by atoms with van der Waals surface area (Å²) in [4.78, 5) is 0. The van der Waals surface area contributed by atoms with Crippen LogP contribution in [-0.4, -0.2) is 19.3 Å².